The molecule has 0 aromatic heterocycles. The number of halogens is 1. The lowest BCUT2D eigenvalue weighted by molar-refractivity contribution is -0.130. The SMILES string of the molecule is CC(C)CN(CCN(C)C)C(=O)CNCC1CC1.Cl. The van der Waals surface area contributed by atoms with Gasteiger partial charge in [-0.1, -0.05) is 13.8 Å². The third-order valence-corrected chi connectivity index (χ3v) is 3.16. The third-order valence-electron chi connectivity index (χ3n) is 3.16. The van der Waals surface area contributed by atoms with Crippen LogP contribution < -0.4 is 5.32 Å². The molecule has 0 spiro atoms. The summed E-state index contributed by atoms with van der Waals surface area (Å²) in [6, 6.07) is 0. The summed E-state index contributed by atoms with van der Waals surface area (Å²) in [4.78, 5) is 16.3. The summed E-state index contributed by atoms with van der Waals surface area (Å²) >= 11 is 0. The van der Waals surface area contributed by atoms with Crippen LogP contribution in [0.1, 0.15) is 26.7 Å². The van der Waals surface area contributed by atoms with Crippen molar-refractivity contribution in [2.75, 3.05) is 46.8 Å². The van der Waals surface area contributed by atoms with Gasteiger partial charge in [0.1, 0.15) is 0 Å². The first-order valence-corrected chi connectivity index (χ1v) is 7.12. The molecule has 5 heteroatoms. The summed E-state index contributed by atoms with van der Waals surface area (Å²) < 4.78 is 0. The van der Waals surface area contributed by atoms with Gasteiger partial charge >= 0.3 is 0 Å². The average molecular weight is 292 g/mol. The molecule has 114 valence electrons. The van der Waals surface area contributed by atoms with Gasteiger partial charge in [-0.05, 0) is 45.3 Å². The lowest BCUT2D eigenvalue weighted by atomic mass is 10.2. The summed E-state index contributed by atoms with van der Waals surface area (Å²) in [5, 5.41) is 3.28. The molecule has 1 N–H and O–H groups in total. The summed E-state index contributed by atoms with van der Waals surface area (Å²) in [7, 11) is 4.09. The smallest absolute Gasteiger partial charge is 0.236 e. The molecule has 0 aliphatic heterocycles. The quantitative estimate of drug-likeness (QED) is 0.698. The first-order chi connectivity index (χ1) is 8.49. The second kappa shape index (κ2) is 9.56. The van der Waals surface area contributed by atoms with Gasteiger partial charge in [-0.25, -0.2) is 0 Å². The van der Waals surface area contributed by atoms with Crippen molar-refractivity contribution < 1.29 is 4.79 Å². The number of nitrogens with zero attached hydrogens (tertiary/aromatic N) is 2. The number of likely N-dealkylation sites (N-methyl/N-ethyl adjacent to an activating group) is 1. The van der Waals surface area contributed by atoms with Gasteiger partial charge in [0.25, 0.3) is 0 Å². The van der Waals surface area contributed by atoms with Gasteiger partial charge in [-0.3, -0.25) is 4.79 Å². The molecule has 19 heavy (non-hydrogen) atoms. The number of nitrogens with one attached hydrogen (secondary N) is 1. The first kappa shape index (κ1) is 18.7. The van der Waals surface area contributed by atoms with Crippen LogP contribution in [0.15, 0.2) is 0 Å². The van der Waals surface area contributed by atoms with Gasteiger partial charge in [0, 0.05) is 19.6 Å². The van der Waals surface area contributed by atoms with Gasteiger partial charge in [0.05, 0.1) is 6.54 Å². The second-order valence-corrected chi connectivity index (χ2v) is 6.11. The Hall–Kier alpha value is -0.320. The van der Waals surface area contributed by atoms with E-state index >= 15 is 0 Å². The van der Waals surface area contributed by atoms with Crippen LogP contribution in [-0.2, 0) is 4.79 Å². The maximum atomic E-state index is 12.1. The van der Waals surface area contributed by atoms with Crippen LogP contribution in [0.25, 0.3) is 0 Å². The lowest BCUT2D eigenvalue weighted by Crippen LogP contribution is -2.43. The molecular formula is C14H30ClN3O. The minimum Gasteiger partial charge on any atom is -0.340 e. The summed E-state index contributed by atoms with van der Waals surface area (Å²) in [5.41, 5.74) is 0. The Labute approximate surface area is 124 Å². The van der Waals surface area contributed by atoms with Crippen LogP contribution in [-0.4, -0.2) is 62.5 Å². The molecule has 0 atom stereocenters. The molecule has 0 saturated heterocycles. The Morgan fingerprint density at radius 3 is 2.37 bits per heavy atom. The van der Waals surface area contributed by atoms with Crippen molar-refractivity contribution in [3.05, 3.63) is 0 Å². The molecule has 0 radical (unpaired) electrons. The highest BCUT2D eigenvalue weighted by molar-refractivity contribution is 5.85. The summed E-state index contributed by atoms with van der Waals surface area (Å²) in [5.74, 6) is 1.60. The zero-order chi connectivity index (χ0) is 13.5. The van der Waals surface area contributed by atoms with Crippen molar-refractivity contribution in [3.8, 4) is 0 Å². The van der Waals surface area contributed by atoms with Crippen LogP contribution in [0.5, 0.6) is 0 Å². The zero-order valence-electron chi connectivity index (χ0n) is 12.8. The van der Waals surface area contributed by atoms with E-state index in [1.807, 2.05) is 19.0 Å². The van der Waals surface area contributed by atoms with Gasteiger partial charge in [0.2, 0.25) is 5.91 Å². The monoisotopic (exact) mass is 291 g/mol. The zero-order valence-corrected chi connectivity index (χ0v) is 13.6. The molecule has 1 saturated carbocycles. The summed E-state index contributed by atoms with van der Waals surface area (Å²) in [6.07, 6.45) is 2.66. The molecule has 4 nitrogen and oxygen atoms in total. The largest absolute Gasteiger partial charge is 0.340 e. The highest BCUT2D eigenvalue weighted by Gasteiger charge is 2.21. The normalized spacial score (nSPS) is 14.6. The van der Waals surface area contributed by atoms with E-state index in [4.69, 9.17) is 0 Å². The van der Waals surface area contributed by atoms with Crippen LogP contribution in [0.2, 0.25) is 0 Å². The molecule has 1 rings (SSSR count). The Balaban J connectivity index is 0.00000324. The summed E-state index contributed by atoms with van der Waals surface area (Å²) in [6.45, 7) is 8.45. The number of carbonyl (C=O) groups is 1. The number of hydrogen-bond acceptors (Lipinski definition) is 3. The minimum absolute atomic E-state index is 0. The molecule has 0 aromatic carbocycles. The van der Waals surface area contributed by atoms with Crippen LogP contribution in [0, 0.1) is 11.8 Å². The number of amides is 1. The molecule has 1 aliphatic rings. The fourth-order valence-corrected chi connectivity index (χ4v) is 1.90. The van der Waals surface area contributed by atoms with Crippen molar-refractivity contribution >= 4 is 18.3 Å². The van der Waals surface area contributed by atoms with Crippen molar-refractivity contribution in [3.63, 3.8) is 0 Å². The predicted octanol–water partition coefficient (Wildman–Crippen LogP) is 1.45. The molecule has 1 amide bonds. The number of rotatable bonds is 9. The molecule has 0 bridgehead atoms. The van der Waals surface area contributed by atoms with Gasteiger partial charge in [-0.15, -0.1) is 12.4 Å². The van der Waals surface area contributed by atoms with E-state index in [0.29, 0.717) is 12.5 Å². The van der Waals surface area contributed by atoms with Crippen LogP contribution >= 0.6 is 12.4 Å². The van der Waals surface area contributed by atoms with E-state index in [9.17, 15) is 4.79 Å². The molecule has 0 unspecified atom stereocenters. The number of hydrogen-bond donors (Lipinski definition) is 1. The maximum absolute atomic E-state index is 12.1. The fourth-order valence-electron chi connectivity index (χ4n) is 1.90. The lowest BCUT2D eigenvalue weighted by Gasteiger charge is -2.26. The van der Waals surface area contributed by atoms with Crippen molar-refractivity contribution in [1.29, 1.82) is 0 Å². The van der Waals surface area contributed by atoms with E-state index < -0.39 is 0 Å². The van der Waals surface area contributed by atoms with E-state index in [2.05, 4.69) is 24.1 Å². The van der Waals surface area contributed by atoms with E-state index in [-0.39, 0.29) is 18.3 Å². The molecule has 1 aliphatic carbocycles. The van der Waals surface area contributed by atoms with Crippen molar-refractivity contribution in [1.82, 2.24) is 15.1 Å². The van der Waals surface area contributed by atoms with E-state index in [1.54, 1.807) is 0 Å². The second-order valence-electron chi connectivity index (χ2n) is 6.11. The topological polar surface area (TPSA) is 35.6 Å². The highest BCUT2D eigenvalue weighted by atomic mass is 35.5. The van der Waals surface area contributed by atoms with Crippen molar-refractivity contribution in [2.45, 2.75) is 26.7 Å². The van der Waals surface area contributed by atoms with Gasteiger partial charge in [0.15, 0.2) is 0 Å². The molecule has 0 heterocycles. The van der Waals surface area contributed by atoms with E-state index in [0.717, 1.165) is 32.1 Å². The third kappa shape index (κ3) is 9.25. The van der Waals surface area contributed by atoms with Crippen LogP contribution in [0.4, 0.5) is 0 Å². The minimum atomic E-state index is 0. The fraction of sp³-hybridized carbons (Fsp3) is 0.929. The predicted molar refractivity (Wildman–Crippen MR) is 82.8 cm³/mol. The highest BCUT2D eigenvalue weighted by Crippen LogP contribution is 2.27. The van der Waals surface area contributed by atoms with Crippen molar-refractivity contribution in [2.24, 2.45) is 11.8 Å². The Morgan fingerprint density at radius 2 is 1.89 bits per heavy atom. The standard InChI is InChI=1S/C14H29N3O.ClH/c1-12(2)11-17(8-7-16(3)4)14(18)10-15-9-13-5-6-13;/h12-13,15H,5-11H2,1-4H3;1H. The van der Waals surface area contributed by atoms with Crippen LogP contribution in [0.3, 0.4) is 0 Å². The first-order valence-electron chi connectivity index (χ1n) is 7.12. The Bertz CT molecular complexity index is 255. The van der Waals surface area contributed by atoms with E-state index in [1.165, 1.54) is 12.8 Å². The Morgan fingerprint density at radius 1 is 1.26 bits per heavy atom. The number of carbonyl (C=O) groups excluding carboxylic acids is 1. The average Bonchev–Trinajstić information content (AvgIpc) is 3.07. The molecule has 0 aromatic rings. The maximum Gasteiger partial charge on any atom is 0.236 e. The Kier molecular flexibility index (Phi) is 9.40. The van der Waals surface area contributed by atoms with Gasteiger partial charge < -0.3 is 15.1 Å². The molecular weight excluding hydrogens is 262 g/mol. The van der Waals surface area contributed by atoms with Gasteiger partial charge in [-0.2, -0.15) is 0 Å². The molecule has 1 fully saturated rings.